The maximum atomic E-state index is 12.0. The number of nitrogens with two attached hydrogens (primary N) is 1. The maximum Gasteiger partial charge on any atom is 0.338 e. The number of hydrazone groups is 1. The van der Waals surface area contributed by atoms with Crippen LogP contribution < -0.4 is 11.2 Å². The van der Waals surface area contributed by atoms with Gasteiger partial charge in [0.25, 0.3) is 0 Å². The number of Topliss-reactive ketones (excluding diaryl/α,β-unsaturated/α-hetero) is 1. The quantitative estimate of drug-likeness (QED) is 0.229. The molecule has 2 aromatic rings. The van der Waals surface area contributed by atoms with Gasteiger partial charge >= 0.3 is 5.97 Å². The van der Waals surface area contributed by atoms with Gasteiger partial charge in [-0.1, -0.05) is 30.3 Å². The zero-order valence-corrected chi connectivity index (χ0v) is 13.6. The zero-order valence-electron chi connectivity index (χ0n) is 13.6. The van der Waals surface area contributed by atoms with Gasteiger partial charge in [0, 0.05) is 5.56 Å². The number of hydrogen-bond acceptors (Lipinski definition) is 7. The van der Waals surface area contributed by atoms with Crippen molar-refractivity contribution in [2.24, 2.45) is 10.8 Å². The number of nitrogens with one attached hydrogen (secondary N) is 2. The van der Waals surface area contributed by atoms with Gasteiger partial charge in [0.15, 0.2) is 18.2 Å². The van der Waals surface area contributed by atoms with E-state index >= 15 is 0 Å². The minimum Gasteiger partial charge on any atom is -0.454 e. The van der Waals surface area contributed by atoms with E-state index in [-0.39, 0.29) is 23.7 Å². The smallest absolute Gasteiger partial charge is 0.338 e. The molecule has 0 aromatic heterocycles. The lowest BCUT2D eigenvalue weighted by molar-refractivity contribution is 0.0475. The summed E-state index contributed by atoms with van der Waals surface area (Å²) in [6.45, 7) is -0.350. The lowest BCUT2D eigenvalue weighted by atomic mass is 10.1. The van der Waals surface area contributed by atoms with E-state index in [0.717, 1.165) is 0 Å². The summed E-state index contributed by atoms with van der Waals surface area (Å²) in [5, 5.41) is 19.6. The van der Waals surface area contributed by atoms with Crippen LogP contribution in [0.15, 0.2) is 59.7 Å². The lowest BCUT2D eigenvalue weighted by Gasteiger charge is -2.06. The Morgan fingerprint density at radius 3 is 2.35 bits per heavy atom. The van der Waals surface area contributed by atoms with E-state index in [9.17, 15) is 9.59 Å². The number of ketones is 1. The summed E-state index contributed by atoms with van der Waals surface area (Å²) < 4.78 is 5.01. The van der Waals surface area contributed by atoms with E-state index in [1.54, 1.807) is 36.4 Å². The monoisotopic (exact) mass is 349 g/mol. The Morgan fingerprint density at radius 2 is 1.77 bits per heavy atom. The van der Waals surface area contributed by atoms with Crippen LogP contribution in [-0.2, 0) is 4.74 Å². The Hall–Kier alpha value is -3.99. The standard InChI is InChI=1S/C18H15N5O3/c19-10-15(17(20)21)23-22-14-8-6-13(7-9-14)18(25)26-11-16(24)12-4-2-1-3-5-12/h1-9,22H,11H2,(H3,20,21)/b23-15+. The van der Waals surface area contributed by atoms with E-state index in [0.29, 0.717) is 11.3 Å². The largest absolute Gasteiger partial charge is 0.454 e. The fourth-order valence-corrected chi connectivity index (χ4v) is 1.87. The van der Waals surface area contributed by atoms with Gasteiger partial charge in [-0.25, -0.2) is 4.79 Å². The molecule has 0 saturated carbocycles. The van der Waals surface area contributed by atoms with Gasteiger partial charge in [-0.3, -0.25) is 15.6 Å². The Bertz CT molecular complexity index is 883. The number of carbonyl (C=O) groups is 2. The molecule has 0 amide bonds. The van der Waals surface area contributed by atoms with Gasteiger partial charge in [0.2, 0.25) is 5.71 Å². The molecule has 0 bridgehead atoms. The minimum atomic E-state index is -0.634. The first-order valence-corrected chi connectivity index (χ1v) is 7.45. The van der Waals surface area contributed by atoms with E-state index in [2.05, 4.69) is 10.5 Å². The molecule has 2 aromatic carbocycles. The van der Waals surface area contributed by atoms with Crippen LogP contribution in [0.4, 0.5) is 5.69 Å². The Kier molecular flexibility index (Phi) is 6.17. The van der Waals surface area contributed by atoms with Crippen LogP contribution in [0.3, 0.4) is 0 Å². The number of amidine groups is 1. The van der Waals surface area contributed by atoms with Crippen molar-refractivity contribution in [3.05, 3.63) is 65.7 Å². The molecule has 0 aliphatic rings. The van der Waals surface area contributed by atoms with Crippen LogP contribution in [-0.4, -0.2) is 29.9 Å². The second-order valence-electron chi connectivity index (χ2n) is 5.04. The Balaban J connectivity index is 1.93. The third-order valence-corrected chi connectivity index (χ3v) is 3.21. The van der Waals surface area contributed by atoms with Gasteiger partial charge in [-0.2, -0.15) is 10.4 Å². The number of hydrogen-bond donors (Lipinski definition) is 3. The minimum absolute atomic E-state index is 0.257. The predicted octanol–water partition coefficient (Wildman–Crippen LogP) is 1.95. The van der Waals surface area contributed by atoms with Crippen molar-refractivity contribution in [3.8, 4) is 6.07 Å². The first-order valence-electron chi connectivity index (χ1n) is 7.45. The van der Waals surface area contributed by atoms with Crippen molar-refractivity contribution < 1.29 is 14.3 Å². The van der Waals surface area contributed by atoms with E-state index < -0.39 is 11.8 Å². The lowest BCUT2D eigenvalue weighted by Crippen LogP contribution is -2.21. The molecule has 0 aliphatic carbocycles. The summed E-state index contributed by atoms with van der Waals surface area (Å²) in [6, 6.07) is 16.2. The topological polar surface area (TPSA) is 141 Å². The fourth-order valence-electron chi connectivity index (χ4n) is 1.87. The first-order chi connectivity index (χ1) is 12.5. The number of nitriles is 1. The van der Waals surface area contributed by atoms with Crippen LogP contribution in [0.5, 0.6) is 0 Å². The molecule has 8 heteroatoms. The van der Waals surface area contributed by atoms with Crippen molar-refractivity contribution in [1.29, 1.82) is 10.7 Å². The van der Waals surface area contributed by atoms with Crippen LogP contribution in [0, 0.1) is 16.7 Å². The van der Waals surface area contributed by atoms with E-state index in [1.807, 2.05) is 0 Å². The average molecular weight is 349 g/mol. The third-order valence-electron chi connectivity index (χ3n) is 3.21. The molecule has 26 heavy (non-hydrogen) atoms. The van der Waals surface area contributed by atoms with Crippen molar-refractivity contribution in [1.82, 2.24) is 0 Å². The number of ether oxygens (including phenoxy) is 1. The summed E-state index contributed by atoms with van der Waals surface area (Å²) in [7, 11) is 0. The highest BCUT2D eigenvalue weighted by Crippen LogP contribution is 2.11. The van der Waals surface area contributed by atoms with Crippen molar-refractivity contribution >= 4 is 29.0 Å². The number of rotatable bonds is 7. The maximum absolute atomic E-state index is 12.0. The number of esters is 1. The Labute approximate surface area is 149 Å². The van der Waals surface area contributed by atoms with Crippen molar-refractivity contribution in [3.63, 3.8) is 0 Å². The average Bonchev–Trinajstić information content (AvgIpc) is 2.67. The van der Waals surface area contributed by atoms with Gasteiger partial charge in [-0.05, 0) is 24.3 Å². The van der Waals surface area contributed by atoms with Gasteiger partial charge in [0.05, 0.1) is 11.3 Å². The van der Waals surface area contributed by atoms with E-state index in [1.165, 1.54) is 24.3 Å². The number of carbonyl (C=O) groups excluding carboxylic acids is 2. The summed E-state index contributed by atoms with van der Waals surface area (Å²) in [4.78, 5) is 23.9. The molecule has 4 N–H and O–H groups in total. The molecule has 0 atom stereocenters. The van der Waals surface area contributed by atoms with Crippen LogP contribution in [0.1, 0.15) is 20.7 Å². The van der Waals surface area contributed by atoms with Gasteiger partial charge in [-0.15, -0.1) is 0 Å². The van der Waals surface area contributed by atoms with Crippen molar-refractivity contribution in [2.75, 3.05) is 12.0 Å². The summed E-state index contributed by atoms with van der Waals surface area (Å²) in [5.74, 6) is -1.38. The van der Waals surface area contributed by atoms with E-state index in [4.69, 9.17) is 21.1 Å². The molecule has 8 nitrogen and oxygen atoms in total. The van der Waals surface area contributed by atoms with Crippen LogP contribution in [0.25, 0.3) is 0 Å². The molecule has 0 heterocycles. The van der Waals surface area contributed by atoms with Crippen molar-refractivity contribution in [2.45, 2.75) is 0 Å². The van der Waals surface area contributed by atoms with Gasteiger partial charge in [0.1, 0.15) is 6.07 Å². The molecule has 0 aliphatic heterocycles. The molecule has 0 radical (unpaired) electrons. The highest BCUT2D eigenvalue weighted by Gasteiger charge is 2.11. The highest BCUT2D eigenvalue weighted by molar-refractivity contribution is 6.45. The molecule has 130 valence electrons. The summed E-state index contributed by atoms with van der Waals surface area (Å²) in [5.41, 5.74) is 8.68. The molecular formula is C18H15N5O3. The third kappa shape index (κ3) is 5.01. The molecule has 0 spiro atoms. The fraction of sp³-hybridized carbons (Fsp3) is 0.0556. The number of nitrogens with zero attached hydrogens (tertiary/aromatic N) is 2. The Morgan fingerprint density at radius 1 is 1.12 bits per heavy atom. The van der Waals surface area contributed by atoms with Crippen LogP contribution in [0.2, 0.25) is 0 Å². The first kappa shape index (κ1) is 18.4. The molecule has 0 unspecified atom stereocenters. The summed E-state index contributed by atoms with van der Waals surface area (Å²) >= 11 is 0. The van der Waals surface area contributed by atoms with Gasteiger partial charge < -0.3 is 10.5 Å². The molecule has 0 fully saturated rings. The van der Waals surface area contributed by atoms with Crippen LogP contribution >= 0.6 is 0 Å². The molecule has 2 rings (SSSR count). The highest BCUT2D eigenvalue weighted by atomic mass is 16.5. The SMILES string of the molecule is N#C/C(=N\Nc1ccc(C(=O)OCC(=O)c2ccccc2)cc1)C(=N)N. The summed E-state index contributed by atoms with van der Waals surface area (Å²) in [6.07, 6.45) is 0. The zero-order chi connectivity index (χ0) is 18.9. The second kappa shape index (κ2) is 8.75. The number of benzene rings is 2. The normalized spacial score (nSPS) is 10.5. The molecular weight excluding hydrogens is 334 g/mol. The second-order valence-corrected chi connectivity index (χ2v) is 5.04. The predicted molar refractivity (Wildman–Crippen MR) is 96.1 cm³/mol. The number of anilines is 1. The molecule has 0 saturated heterocycles.